The lowest BCUT2D eigenvalue weighted by molar-refractivity contribution is -0.150. The Kier molecular flexibility index (Phi) is 24.4. The molecular formula is C48H83N5O9. The van der Waals surface area contributed by atoms with E-state index in [1.807, 2.05) is 70.0 Å². The van der Waals surface area contributed by atoms with E-state index in [1.54, 1.807) is 30.9 Å². The van der Waals surface area contributed by atoms with Crippen LogP contribution < -0.4 is 10.6 Å². The number of Topliss-reactive ketones (excluding diaryl/α,β-unsaturated/α-hetero) is 1. The van der Waals surface area contributed by atoms with Crippen molar-refractivity contribution < 1.29 is 42.9 Å². The van der Waals surface area contributed by atoms with Crippen molar-refractivity contribution in [2.45, 2.75) is 143 Å². The lowest BCUT2D eigenvalue weighted by Crippen LogP contribution is -2.55. The van der Waals surface area contributed by atoms with Crippen molar-refractivity contribution in [1.29, 1.82) is 0 Å². The lowest BCUT2D eigenvalue weighted by atomic mass is 9.83. The maximum atomic E-state index is 14.6. The minimum absolute atomic E-state index is 0.0131. The Morgan fingerprint density at radius 3 is 2.08 bits per heavy atom. The van der Waals surface area contributed by atoms with Gasteiger partial charge in [-0.05, 0) is 43.2 Å². The van der Waals surface area contributed by atoms with Gasteiger partial charge in [-0.2, -0.15) is 0 Å². The molecule has 2 rings (SSSR count). The molecule has 1 fully saturated rings. The molecule has 0 radical (unpaired) electrons. The number of carbonyl (C=O) groups is 5. The molecular weight excluding hydrogens is 791 g/mol. The Bertz CT molecular complexity index is 1510. The number of nitrogens with one attached hydrogen (secondary N) is 2. The van der Waals surface area contributed by atoms with E-state index >= 15 is 0 Å². The van der Waals surface area contributed by atoms with E-state index in [1.165, 1.54) is 14.2 Å². The summed E-state index contributed by atoms with van der Waals surface area (Å²) in [7, 11) is 8.11. The molecule has 14 nitrogen and oxygen atoms in total. The molecule has 0 bridgehead atoms. The van der Waals surface area contributed by atoms with Gasteiger partial charge in [0.25, 0.3) is 0 Å². The zero-order chi connectivity index (χ0) is 46.7. The molecule has 1 heterocycles. The lowest BCUT2D eigenvalue weighted by Gasteiger charge is -2.41. The van der Waals surface area contributed by atoms with Gasteiger partial charge in [-0.15, -0.1) is 0 Å². The van der Waals surface area contributed by atoms with Gasteiger partial charge in [-0.1, -0.05) is 99.1 Å². The second-order valence-corrected chi connectivity index (χ2v) is 18.3. The van der Waals surface area contributed by atoms with Crippen LogP contribution >= 0.6 is 0 Å². The number of benzene rings is 1. The van der Waals surface area contributed by atoms with Gasteiger partial charge in [0.1, 0.15) is 6.04 Å². The number of ketones is 1. The number of methoxy groups -OCH3 is 3. The van der Waals surface area contributed by atoms with Crippen LogP contribution in [-0.2, 0) is 49.3 Å². The number of likely N-dealkylation sites (N-methyl/N-ethyl adjacent to an activating group) is 2. The molecule has 1 aliphatic rings. The Morgan fingerprint density at radius 2 is 1.53 bits per heavy atom. The number of carbonyl (C=O) groups excluding carboxylic acids is 5. The summed E-state index contributed by atoms with van der Waals surface area (Å²) in [5, 5.41) is 6.22. The monoisotopic (exact) mass is 874 g/mol. The van der Waals surface area contributed by atoms with Gasteiger partial charge in [0, 0.05) is 65.7 Å². The van der Waals surface area contributed by atoms with Crippen molar-refractivity contribution in [3.05, 3.63) is 35.9 Å². The minimum atomic E-state index is -0.894. The molecule has 2 N–H and O–H groups in total. The summed E-state index contributed by atoms with van der Waals surface area (Å²) in [4.78, 5) is 75.1. The molecule has 0 aliphatic carbocycles. The third-order valence-electron chi connectivity index (χ3n) is 12.7. The van der Waals surface area contributed by atoms with E-state index in [9.17, 15) is 24.0 Å². The first-order valence-corrected chi connectivity index (χ1v) is 22.9. The molecule has 1 saturated heterocycles. The van der Waals surface area contributed by atoms with E-state index in [0.29, 0.717) is 38.8 Å². The molecule has 1 aromatic carbocycles. The third kappa shape index (κ3) is 16.3. The Balaban J connectivity index is 2.24. The van der Waals surface area contributed by atoms with Gasteiger partial charge in [0.15, 0.2) is 5.78 Å². The highest BCUT2D eigenvalue weighted by Crippen LogP contribution is 2.31. The van der Waals surface area contributed by atoms with Crippen LogP contribution in [-0.4, -0.2) is 155 Å². The number of likely N-dealkylation sites (tertiary alicyclic amines) is 1. The highest BCUT2D eigenvalue weighted by atomic mass is 16.5. The summed E-state index contributed by atoms with van der Waals surface area (Å²) in [6, 6.07) is 7.68. The number of amides is 3. The fraction of sp³-hybridized carbons (Fsp3) is 0.771. The van der Waals surface area contributed by atoms with Gasteiger partial charge in [-0.25, -0.2) is 4.79 Å². The van der Waals surface area contributed by atoms with Crippen LogP contribution in [0.3, 0.4) is 0 Å². The molecule has 3 amide bonds. The largest absolute Gasteiger partial charge is 0.467 e. The van der Waals surface area contributed by atoms with E-state index in [4.69, 9.17) is 18.9 Å². The van der Waals surface area contributed by atoms with Crippen molar-refractivity contribution >= 4 is 29.5 Å². The first-order chi connectivity index (χ1) is 29.3. The van der Waals surface area contributed by atoms with Crippen LogP contribution in [0.25, 0.3) is 0 Å². The van der Waals surface area contributed by atoms with Crippen molar-refractivity contribution in [1.82, 2.24) is 25.3 Å². The number of rotatable bonds is 29. The third-order valence-corrected chi connectivity index (χ3v) is 12.7. The predicted octanol–water partition coefficient (Wildman–Crippen LogP) is 5.01. The van der Waals surface area contributed by atoms with Crippen molar-refractivity contribution in [3.8, 4) is 0 Å². The van der Waals surface area contributed by atoms with Gasteiger partial charge in [0.05, 0.1) is 63.0 Å². The van der Waals surface area contributed by atoms with Crippen LogP contribution in [0.1, 0.15) is 100.0 Å². The van der Waals surface area contributed by atoms with Crippen molar-refractivity contribution in [2.75, 3.05) is 68.3 Å². The van der Waals surface area contributed by atoms with Crippen LogP contribution in [0.5, 0.6) is 0 Å². The number of nitrogens with zero attached hydrogens (tertiary/aromatic N) is 3. The zero-order valence-corrected chi connectivity index (χ0v) is 40.6. The molecule has 0 aromatic heterocycles. The molecule has 0 spiro atoms. The maximum Gasteiger partial charge on any atom is 0.328 e. The minimum Gasteiger partial charge on any atom is -0.467 e. The molecule has 14 heteroatoms. The number of esters is 1. The summed E-state index contributed by atoms with van der Waals surface area (Å²) >= 11 is 0. The average molecular weight is 874 g/mol. The molecule has 0 saturated carbocycles. The van der Waals surface area contributed by atoms with E-state index < -0.39 is 48.1 Å². The average Bonchev–Trinajstić information content (AvgIpc) is 3.72. The fourth-order valence-electron chi connectivity index (χ4n) is 9.00. The first-order valence-electron chi connectivity index (χ1n) is 22.9. The summed E-state index contributed by atoms with van der Waals surface area (Å²) in [6.45, 7) is 21.0. The molecule has 0 unspecified atom stereocenters. The Labute approximate surface area is 373 Å². The Morgan fingerprint density at radius 1 is 0.871 bits per heavy atom. The standard InChI is InChI=1S/C48H83N5O9/c1-15-34(8)44(52(11)47(57)37(31(2)3)29-40(54)43(32(4)5)51(10)25-27-62-26-23-49-33(6)7)41(59-12)30-42(55)53-24-19-22-39(53)45(60-13)35(9)46(56)50-38(48(58)61-14)28-36-20-17-16-18-21-36/h16-18,20-21,31-35,37-39,41,43-45,49H,15,19,22-30H2,1-14H3,(H,50,56)/t34-,35+,37-,38-,39-,41+,43-,44-,45+/m0/s1. The molecule has 354 valence electrons. The van der Waals surface area contributed by atoms with Gasteiger partial charge < -0.3 is 39.4 Å². The SMILES string of the molecule is CC[C@H](C)[C@@H]([C@@H](CC(=O)N1CCC[C@H]1[C@H](OC)[C@@H](C)C(=O)N[C@@H](Cc1ccccc1)C(=O)OC)OC)N(C)C(=O)[C@@H](CC(=O)[C@H](C(C)C)N(C)CCOCCNC(C)C)C(C)C. The van der Waals surface area contributed by atoms with E-state index in [-0.39, 0.29) is 66.6 Å². The summed E-state index contributed by atoms with van der Waals surface area (Å²) < 4.78 is 22.9. The smallest absolute Gasteiger partial charge is 0.328 e. The van der Waals surface area contributed by atoms with Gasteiger partial charge in [0.2, 0.25) is 17.7 Å². The van der Waals surface area contributed by atoms with Crippen molar-refractivity contribution in [2.24, 2.45) is 29.6 Å². The molecule has 1 aromatic rings. The molecule has 9 atom stereocenters. The summed E-state index contributed by atoms with van der Waals surface area (Å²) in [5.74, 6) is -2.57. The van der Waals surface area contributed by atoms with Crippen LogP contribution in [0, 0.1) is 29.6 Å². The second kappa shape index (κ2) is 27.7. The van der Waals surface area contributed by atoms with Crippen LogP contribution in [0.2, 0.25) is 0 Å². The highest BCUT2D eigenvalue weighted by Gasteiger charge is 2.43. The zero-order valence-electron chi connectivity index (χ0n) is 40.6. The first kappa shape index (κ1) is 54.7. The van der Waals surface area contributed by atoms with E-state index in [2.05, 4.69) is 38.3 Å². The Hall–Kier alpha value is -3.43. The quantitative estimate of drug-likeness (QED) is 0.0825. The van der Waals surface area contributed by atoms with Gasteiger partial charge >= 0.3 is 5.97 Å². The van der Waals surface area contributed by atoms with Crippen LogP contribution in [0.15, 0.2) is 30.3 Å². The van der Waals surface area contributed by atoms with E-state index in [0.717, 1.165) is 24.9 Å². The highest BCUT2D eigenvalue weighted by molar-refractivity contribution is 5.90. The van der Waals surface area contributed by atoms with Crippen LogP contribution in [0.4, 0.5) is 0 Å². The normalized spacial score (nSPS) is 18.3. The number of hydrogen-bond donors (Lipinski definition) is 2. The van der Waals surface area contributed by atoms with Crippen molar-refractivity contribution in [3.63, 3.8) is 0 Å². The topological polar surface area (TPSA) is 156 Å². The molecule has 1 aliphatic heterocycles. The second-order valence-electron chi connectivity index (χ2n) is 18.3. The van der Waals surface area contributed by atoms with Gasteiger partial charge in [-0.3, -0.25) is 24.1 Å². The fourth-order valence-corrected chi connectivity index (χ4v) is 9.00. The molecule has 62 heavy (non-hydrogen) atoms. The predicted molar refractivity (Wildman–Crippen MR) is 243 cm³/mol. The number of hydrogen-bond acceptors (Lipinski definition) is 11. The maximum absolute atomic E-state index is 14.6. The summed E-state index contributed by atoms with van der Waals surface area (Å²) in [6.07, 6.45) is 1.19. The summed E-state index contributed by atoms with van der Waals surface area (Å²) in [5.41, 5.74) is 0.876. The number of ether oxygens (including phenoxy) is 4.